The molecule has 0 aromatic heterocycles. The van der Waals surface area contributed by atoms with E-state index in [1.54, 1.807) is 0 Å². The molecule has 2 aliphatic rings. The van der Waals surface area contributed by atoms with Crippen molar-refractivity contribution in [3.63, 3.8) is 0 Å². The van der Waals surface area contributed by atoms with Crippen molar-refractivity contribution >= 4 is 5.97 Å². The van der Waals surface area contributed by atoms with E-state index in [-0.39, 0.29) is 24.9 Å². The van der Waals surface area contributed by atoms with Crippen LogP contribution in [0.15, 0.2) is 0 Å². The van der Waals surface area contributed by atoms with E-state index in [1.807, 2.05) is 0 Å². The summed E-state index contributed by atoms with van der Waals surface area (Å²) in [4.78, 5) is 12.4. The molecule has 104 valence electrons. The highest BCUT2D eigenvalue weighted by molar-refractivity contribution is 5.79. The molecule has 0 radical (unpaired) electrons. The lowest BCUT2D eigenvalue weighted by Gasteiger charge is -2.30. The van der Waals surface area contributed by atoms with Crippen LogP contribution in [-0.2, 0) is 4.79 Å². The summed E-state index contributed by atoms with van der Waals surface area (Å²) in [6.07, 6.45) is -1.95. The Morgan fingerprint density at radius 2 is 1.94 bits per heavy atom. The van der Waals surface area contributed by atoms with Gasteiger partial charge in [-0.05, 0) is 32.1 Å². The maximum absolute atomic E-state index is 12.5. The number of hydrogen-bond acceptors (Lipinski definition) is 3. The van der Waals surface area contributed by atoms with E-state index in [2.05, 4.69) is 0 Å². The highest BCUT2D eigenvalue weighted by Gasteiger charge is 2.49. The van der Waals surface area contributed by atoms with Gasteiger partial charge < -0.3 is 10.8 Å². The molecule has 3 N–H and O–H groups in total. The van der Waals surface area contributed by atoms with Crippen molar-refractivity contribution in [3.05, 3.63) is 0 Å². The van der Waals surface area contributed by atoms with Crippen LogP contribution >= 0.6 is 0 Å². The normalized spacial score (nSPS) is 33.1. The first-order valence-electron chi connectivity index (χ1n) is 6.06. The van der Waals surface area contributed by atoms with Crippen molar-refractivity contribution in [1.29, 1.82) is 0 Å². The van der Waals surface area contributed by atoms with E-state index in [1.165, 1.54) is 4.90 Å². The van der Waals surface area contributed by atoms with Crippen molar-refractivity contribution < 1.29 is 23.1 Å². The van der Waals surface area contributed by atoms with Gasteiger partial charge in [0.2, 0.25) is 0 Å². The molecule has 2 atom stereocenters. The van der Waals surface area contributed by atoms with Gasteiger partial charge in [-0.15, -0.1) is 0 Å². The smallest absolute Gasteiger partial charge is 0.401 e. The minimum atomic E-state index is -4.24. The average Bonchev–Trinajstić information content (AvgIpc) is 2.97. The number of halogens is 3. The van der Waals surface area contributed by atoms with E-state index in [0.717, 1.165) is 12.8 Å². The standard InChI is InChI=1S/C11H17F3N2O2/c12-11(13,14)6-16(7-1-2-7)8-3-4-10(15,5-8)9(17)18/h7-8H,1-6,15H2,(H,17,18). The van der Waals surface area contributed by atoms with Crippen LogP contribution in [0.1, 0.15) is 32.1 Å². The van der Waals surface area contributed by atoms with Crippen molar-refractivity contribution in [2.75, 3.05) is 6.54 Å². The summed E-state index contributed by atoms with van der Waals surface area (Å²) < 4.78 is 37.5. The van der Waals surface area contributed by atoms with Gasteiger partial charge >= 0.3 is 12.1 Å². The van der Waals surface area contributed by atoms with E-state index in [0.29, 0.717) is 6.42 Å². The third kappa shape index (κ3) is 2.95. The first kappa shape index (κ1) is 13.6. The Labute approximate surface area is 103 Å². The van der Waals surface area contributed by atoms with Gasteiger partial charge in [-0.3, -0.25) is 9.69 Å². The second-order valence-electron chi connectivity index (χ2n) is 5.38. The Morgan fingerprint density at radius 3 is 2.33 bits per heavy atom. The van der Waals surface area contributed by atoms with Crippen LogP contribution in [0.5, 0.6) is 0 Å². The third-order valence-electron chi connectivity index (χ3n) is 3.80. The molecule has 18 heavy (non-hydrogen) atoms. The van der Waals surface area contributed by atoms with E-state index < -0.39 is 24.2 Å². The number of aliphatic carboxylic acids is 1. The van der Waals surface area contributed by atoms with Crippen LogP contribution in [0.2, 0.25) is 0 Å². The van der Waals surface area contributed by atoms with Gasteiger partial charge in [-0.1, -0.05) is 0 Å². The Bertz CT molecular complexity index is 344. The molecule has 4 nitrogen and oxygen atoms in total. The molecule has 0 saturated heterocycles. The van der Waals surface area contributed by atoms with Crippen LogP contribution < -0.4 is 5.73 Å². The zero-order chi connectivity index (χ0) is 13.6. The van der Waals surface area contributed by atoms with Crippen LogP contribution in [0.3, 0.4) is 0 Å². The van der Waals surface area contributed by atoms with Gasteiger partial charge in [0, 0.05) is 12.1 Å². The lowest BCUT2D eigenvalue weighted by atomic mass is 9.99. The maximum Gasteiger partial charge on any atom is 0.401 e. The summed E-state index contributed by atoms with van der Waals surface area (Å²) in [5.74, 6) is -1.12. The lowest BCUT2D eigenvalue weighted by molar-refractivity contribution is -0.152. The maximum atomic E-state index is 12.5. The molecular formula is C11H17F3N2O2. The Morgan fingerprint density at radius 1 is 1.33 bits per heavy atom. The second-order valence-corrected chi connectivity index (χ2v) is 5.38. The molecule has 0 spiro atoms. The Balaban J connectivity index is 2.03. The molecule has 2 aliphatic carbocycles. The number of nitrogens with zero attached hydrogens (tertiary/aromatic N) is 1. The molecule has 0 aromatic rings. The minimum Gasteiger partial charge on any atom is -0.480 e. The number of nitrogens with two attached hydrogens (primary N) is 1. The van der Waals surface area contributed by atoms with Crippen LogP contribution in [0.25, 0.3) is 0 Å². The topological polar surface area (TPSA) is 66.6 Å². The molecule has 7 heteroatoms. The highest BCUT2D eigenvalue weighted by Crippen LogP contribution is 2.39. The molecule has 0 aromatic carbocycles. The van der Waals surface area contributed by atoms with Crippen molar-refractivity contribution in [2.24, 2.45) is 5.73 Å². The third-order valence-corrected chi connectivity index (χ3v) is 3.80. The molecule has 2 saturated carbocycles. The lowest BCUT2D eigenvalue weighted by Crippen LogP contribution is -2.48. The minimum absolute atomic E-state index is 0.0484. The van der Waals surface area contributed by atoms with Gasteiger partial charge in [-0.25, -0.2) is 0 Å². The molecule has 2 fully saturated rings. The van der Waals surface area contributed by atoms with Gasteiger partial charge in [0.25, 0.3) is 0 Å². The SMILES string of the molecule is NC1(C(=O)O)CCC(N(CC(F)(F)F)C2CC2)C1. The number of hydrogen-bond donors (Lipinski definition) is 2. The van der Waals surface area contributed by atoms with E-state index in [4.69, 9.17) is 10.8 Å². The first-order chi connectivity index (χ1) is 8.21. The molecule has 2 unspecified atom stereocenters. The fourth-order valence-corrected chi connectivity index (χ4v) is 2.70. The van der Waals surface area contributed by atoms with Crippen LogP contribution in [0.4, 0.5) is 13.2 Å². The fourth-order valence-electron chi connectivity index (χ4n) is 2.70. The molecule has 0 heterocycles. The summed E-state index contributed by atoms with van der Waals surface area (Å²) in [5, 5.41) is 8.99. The Kier molecular flexibility index (Phi) is 3.31. The Hall–Kier alpha value is -0.820. The van der Waals surface area contributed by atoms with Gasteiger partial charge in [0.1, 0.15) is 5.54 Å². The number of carbonyl (C=O) groups is 1. The van der Waals surface area contributed by atoms with Crippen LogP contribution in [-0.4, -0.2) is 46.3 Å². The molecule has 0 amide bonds. The van der Waals surface area contributed by atoms with Gasteiger partial charge in [-0.2, -0.15) is 13.2 Å². The number of carboxylic acids is 1. The molecular weight excluding hydrogens is 249 g/mol. The predicted molar refractivity (Wildman–Crippen MR) is 58.0 cm³/mol. The van der Waals surface area contributed by atoms with Crippen molar-refractivity contribution in [2.45, 2.75) is 55.9 Å². The first-order valence-corrected chi connectivity index (χ1v) is 6.06. The summed E-state index contributed by atoms with van der Waals surface area (Å²) in [6, 6.07) is -0.409. The quantitative estimate of drug-likeness (QED) is 0.806. The van der Waals surface area contributed by atoms with Gasteiger partial charge in [0.15, 0.2) is 0 Å². The highest BCUT2D eigenvalue weighted by atomic mass is 19.4. The van der Waals surface area contributed by atoms with Crippen LogP contribution in [0, 0.1) is 0 Å². The molecule has 0 bridgehead atoms. The predicted octanol–water partition coefficient (Wildman–Crippen LogP) is 1.35. The fraction of sp³-hybridized carbons (Fsp3) is 0.909. The largest absolute Gasteiger partial charge is 0.480 e. The van der Waals surface area contributed by atoms with E-state index in [9.17, 15) is 18.0 Å². The van der Waals surface area contributed by atoms with Gasteiger partial charge in [0.05, 0.1) is 6.54 Å². The summed E-state index contributed by atoms with van der Waals surface area (Å²) in [5.41, 5.74) is 4.35. The zero-order valence-corrected chi connectivity index (χ0v) is 9.91. The summed E-state index contributed by atoms with van der Waals surface area (Å²) in [7, 11) is 0. The second kappa shape index (κ2) is 4.38. The molecule has 0 aliphatic heterocycles. The van der Waals surface area contributed by atoms with E-state index >= 15 is 0 Å². The van der Waals surface area contributed by atoms with Crippen molar-refractivity contribution in [1.82, 2.24) is 4.90 Å². The monoisotopic (exact) mass is 266 g/mol. The summed E-state index contributed by atoms with van der Waals surface area (Å²) >= 11 is 0. The number of carboxylic acid groups (broad SMARTS) is 1. The summed E-state index contributed by atoms with van der Waals surface area (Å²) in [6.45, 7) is -0.960. The number of alkyl halides is 3. The number of rotatable bonds is 4. The zero-order valence-electron chi connectivity index (χ0n) is 9.91. The molecule has 2 rings (SSSR count). The average molecular weight is 266 g/mol. The van der Waals surface area contributed by atoms with Crippen molar-refractivity contribution in [3.8, 4) is 0 Å².